The summed E-state index contributed by atoms with van der Waals surface area (Å²) in [5, 5.41) is 2.58. The zero-order valence-corrected chi connectivity index (χ0v) is 12.9. The van der Waals surface area contributed by atoms with E-state index in [0.29, 0.717) is 26.1 Å². The van der Waals surface area contributed by atoms with Crippen LogP contribution in [0.1, 0.15) is 27.2 Å². The first-order chi connectivity index (χ1) is 9.30. The first kappa shape index (κ1) is 16.9. The van der Waals surface area contributed by atoms with Gasteiger partial charge >= 0.3 is 0 Å². The van der Waals surface area contributed by atoms with Crippen LogP contribution in [-0.2, 0) is 14.3 Å². The Bertz CT molecular complexity index is 352. The van der Waals surface area contributed by atoms with Gasteiger partial charge in [-0.1, -0.05) is 20.8 Å². The summed E-state index contributed by atoms with van der Waals surface area (Å²) in [7, 11) is 1.56. The van der Waals surface area contributed by atoms with E-state index in [1.54, 1.807) is 11.9 Å². The molecule has 20 heavy (non-hydrogen) atoms. The Balaban J connectivity index is 2.82. The number of hydrogen-bond donors (Lipinski definition) is 2. The SMILES string of the molecule is CNC(=O)C1COCCN1C(=O)C(CN)CC(C)(C)C. The number of morpholine rings is 1. The first-order valence-electron chi connectivity index (χ1n) is 7.10. The van der Waals surface area contributed by atoms with Crippen LogP contribution in [0.3, 0.4) is 0 Å². The second kappa shape index (κ2) is 7.04. The van der Waals surface area contributed by atoms with Crippen molar-refractivity contribution in [3.8, 4) is 0 Å². The van der Waals surface area contributed by atoms with E-state index in [9.17, 15) is 9.59 Å². The molecule has 1 fully saturated rings. The molecular formula is C14H27N3O3. The van der Waals surface area contributed by atoms with Gasteiger partial charge in [-0.15, -0.1) is 0 Å². The van der Waals surface area contributed by atoms with Crippen molar-refractivity contribution in [3.05, 3.63) is 0 Å². The van der Waals surface area contributed by atoms with Crippen LogP contribution in [0, 0.1) is 11.3 Å². The number of rotatable bonds is 4. The highest BCUT2D eigenvalue weighted by Gasteiger charge is 2.36. The van der Waals surface area contributed by atoms with Crippen molar-refractivity contribution < 1.29 is 14.3 Å². The average molecular weight is 285 g/mol. The summed E-state index contributed by atoms with van der Waals surface area (Å²) in [6.07, 6.45) is 0.708. The molecule has 0 bridgehead atoms. The zero-order chi connectivity index (χ0) is 15.3. The quantitative estimate of drug-likeness (QED) is 0.760. The number of hydrogen-bond acceptors (Lipinski definition) is 4. The molecule has 116 valence electrons. The summed E-state index contributed by atoms with van der Waals surface area (Å²) in [6, 6.07) is -0.546. The van der Waals surface area contributed by atoms with Crippen molar-refractivity contribution in [2.75, 3.05) is 33.4 Å². The first-order valence-corrected chi connectivity index (χ1v) is 7.10. The number of likely N-dealkylation sites (N-methyl/N-ethyl adjacent to an activating group) is 1. The van der Waals surface area contributed by atoms with Crippen molar-refractivity contribution in [1.29, 1.82) is 0 Å². The van der Waals surface area contributed by atoms with Crippen LogP contribution in [0.15, 0.2) is 0 Å². The van der Waals surface area contributed by atoms with Crippen LogP contribution in [0.2, 0.25) is 0 Å². The van der Waals surface area contributed by atoms with E-state index in [1.165, 1.54) is 0 Å². The minimum absolute atomic E-state index is 0.0223. The minimum Gasteiger partial charge on any atom is -0.377 e. The third-order valence-electron chi connectivity index (χ3n) is 3.45. The predicted octanol–water partition coefficient (Wildman–Crippen LogP) is -0.0291. The number of ether oxygens (including phenoxy) is 1. The third kappa shape index (κ3) is 4.45. The molecule has 3 N–H and O–H groups in total. The molecule has 2 unspecified atom stereocenters. The Kier molecular flexibility index (Phi) is 5.95. The molecule has 0 aromatic rings. The summed E-state index contributed by atoms with van der Waals surface area (Å²) in [5.41, 5.74) is 5.78. The summed E-state index contributed by atoms with van der Waals surface area (Å²) in [4.78, 5) is 26.1. The molecule has 1 aliphatic heterocycles. The number of nitrogens with zero attached hydrogens (tertiary/aromatic N) is 1. The molecule has 2 amide bonds. The Hall–Kier alpha value is -1.14. The average Bonchev–Trinajstić information content (AvgIpc) is 2.42. The Labute approximate surface area is 121 Å². The van der Waals surface area contributed by atoms with Crippen LogP contribution in [0.25, 0.3) is 0 Å². The summed E-state index contributed by atoms with van der Waals surface area (Å²) < 4.78 is 5.31. The van der Waals surface area contributed by atoms with Crippen LogP contribution < -0.4 is 11.1 Å². The molecule has 1 saturated heterocycles. The van der Waals surface area contributed by atoms with Crippen molar-refractivity contribution in [3.63, 3.8) is 0 Å². The van der Waals surface area contributed by atoms with E-state index >= 15 is 0 Å². The molecule has 1 rings (SSSR count). The fourth-order valence-electron chi connectivity index (χ4n) is 2.50. The molecule has 6 heteroatoms. The Morgan fingerprint density at radius 1 is 1.45 bits per heavy atom. The Morgan fingerprint density at radius 3 is 2.60 bits per heavy atom. The topological polar surface area (TPSA) is 84.7 Å². The van der Waals surface area contributed by atoms with Crippen molar-refractivity contribution in [2.24, 2.45) is 17.1 Å². The molecule has 0 aromatic carbocycles. The van der Waals surface area contributed by atoms with Gasteiger partial charge in [0.05, 0.1) is 19.1 Å². The van der Waals surface area contributed by atoms with Crippen LogP contribution in [-0.4, -0.2) is 56.1 Å². The smallest absolute Gasteiger partial charge is 0.244 e. The molecule has 0 spiro atoms. The number of nitrogens with two attached hydrogens (primary N) is 1. The molecule has 0 saturated carbocycles. The number of nitrogens with one attached hydrogen (secondary N) is 1. The van der Waals surface area contributed by atoms with Gasteiger partial charge in [0.25, 0.3) is 0 Å². The lowest BCUT2D eigenvalue weighted by Crippen LogP contribution is -2.57. The van der Waals surface area contributed by atoms with Crippen LogP contribution in [0.4, 0.5) is 0 Å². The van der Waals surface area contributed by atoms with Gasteiger partial charge in [-0.2, -0.15) is 0 Å². The summed E-state index contributed by atoms with van der Waals surface area (Å²) in [6.45, 7) is 7.70. The standard InChI is InChI=1S/C14H27N3O3/c1-14(2,3)7-10(8-15)13(19)17-5-6-20-9-11(17)12(18)16-4/h10-11H,5-9,15H2,1-4H3,(H,16,18). The second-order valence-electron chi connectivity index (χ2n) is 6.43. The maximum Gasteiger partial charge on any atom is 0.244 e. The van der Waals surface area contributed by atoms with E-state index in [4.69, 9.17) is 10.5 Å². The third-order valence-corrected chi connectivity index (χ3v) is 3.45. The highest BCUT2D eigenvalue weighted by Crippen LogP contribution is 2.26. The van der Waals surface area contributed by atoms with Gasteiger partial charge < -0.3 is 20.7 Å². The molecule has 1 aliphatic rings. The van der Waals surface area contributed by atoms with E-state index in [1.807, 2.05) is 0 Å². The van der Waals surface area contributed by atoms with Gasteiger partial charge in [-0.3, -0.25) is 9.59 Å². The van der Waals surface area contributed by atoms with Gasteiger partial charge in [0.1, 0.15) is 6.04 Å². The van der Waals surface area contributed by atoms with Gasteiger partial charge in [-0.05, 0) is 11.8 Å². The van der Waals surface area contributed by atoms with Gasteiger partial charge in [-0.25, -0.2) is 0 Å². The molecular weight excluding hydrogens is 258 g/mol. The zero-order valence-electron chi connectivity index (χ0n) is 12.9. The summed E-state index contributed by atoms with van der Waals surface area (Å²) >= 11 is 0. The highest BCUT2D eigenvalue weighted by molar-refractivity contribution is 5.88. The molecule has 0 aromatic heterocycles. The normalized spacial score (nSPS) is 21.4. The van der Waals surface area contributed by atoms with E-state index in [-0.39, 0.29) is 29.8 Å². The number of carbonyl (C=O) groups is 2. The molecule has 6 nitrogen and oxygen atoms in total. The lowest BCUT2D eigenvalue weighted by atomic mass is 9.84. The van der Waals surface area contributed by atoms with Gasteiger partial charge in [0.15, 0.2) is 0 Å². The monoisotopic (exact) mass is 285 g/mol. The summed E-state index contributed by atoms with van der Waals surface area (Å²) in [5.74, 6) is -0.482. The molecule has 0 aliphatic carbocycles. The fourth-order valence-corrected chi connectivity index (χ4v) is 2.50. The van der Waals surface area contributed by atoms with E-state index < -0.39 is 6.04 Å². The second-order valence-corrected chi connectivity index (χ2v) is 6.43. The van der Waals surface area contributed by atoms with E-state index in [0.717, 1.165) is 0 Å². The lowest BCUT2D eigenvalue weighted by molar-refractivity contribution is -0.151. The van der Waals surface area contributed by atoms with Crippen molar-refractivity contribution >= 4 is 11.8 Å². The Morgan fingerprint density at radius 2 is 2.10 bits per heavy atom. The molecule has 1 heterocycles. The maximum atomic E-state index is 12.6. The van der Waals surface area contributed by atoms with Crippen molar-refractivity contribution in [1.82, 2.24) is 10.2 Å². The number of carbonyl (C=O) groups excluding carboxylic acids is 2. The highest BCUT2D eigenvalue weighted by atomic mass is 16.5. The van der Waals surface area contributed by atoms with Crippen LogP contribution >= 0.6 is 0 Å². The minimum atomic E-state index is -0.546. The molecule has 0 radical (unpaired) electrons. The van der Waals surface area contributed by atoms with Gasteiger partial charge in [0.2, 0.25) is 11.8 Å². The number of amides is 2. The predicted molar refractivity (Wildman–Crippen MR) is 77.0 cm³/mol. The van der Waals surface area contributed by atoms with Crippen molar-refractivity contribution in [2.45, 2.75) is 33.2 Å². The maximum absolute atomic E-state index is 12.6. The lowest BCUT2D eigenvalue weighted by Gasteiger charge is -2.37. The largest absolute Gasteiger partial charge is 0.377 e. The van der Waals surface area contributed by atoms with E-state index in [2.05, 4.69) is 26.1 Å². The molecule has 2 atom stereocenters. The fraction of sp³-hybridized carbons (Fsp3) is 0.857. The van der Waals surface area contributed by atoms with Gasteiger partial charge in [0, 0.05) is 20.1 Å². The van der Waals surface area contributed by atoms with Crippen LogP contribution in [0.5, 0.6) is 0 Å².